The molecule has 0 spiro atoms. The lowest BCUT2D eigenvalue weighted by Crippen LogP contribution is -2.30. The standard InChI is InChI=1S/C13H17NO3/c1-2-12-13(17-9-16-12)7-11(1)15-8-10-3-5-14-6-4-10/h1-2,7,10,14H,3-6,8-9H2. The highest BCUT2D eigenvalue weighted by molar-refractivity contribution is 5.46. The van der Waals surface area contributed by atoms with Crippen molar-refractivity contribution in [3.63, 3.8) is 0 Å². The fraction of sp³-hybridized carbons (Fsp3) is 0.538. The molecule has 1 aromatic rings. The molecule has 0 radical (unpaired) electrons. The van der Waals surface area contributed by atoms with Gasteiger partial charge >= 0.3 is 0 Å². The molecule has 4 heteroatoms. The van der Waals surface area contributed by atoms with E-state index in [0.29, 0.717) is 12.7 Å². The largest absolute Gasteiger partial charge is 0.493 e. The molecule has 0 atom stereocenters. The van der Waals surface area contributed by atoms with Crippen molar-refractivity contribution in [2.24, 2.45) is 5.92 Å². The van der Waals surface area contributed by atoms with Crippen LogP contribution in [-0.4, -0.2) is 26.5 Å². The molecule has 1 saturated heterocycles. The molecule has 0 bridgehead atoms. The van der Waals surface area contributed by atoms with Crippen LogP contribution < -0.4 is 19.5 Å². The molecule has 17 heavy (non-hydrogen) atoms. The minimum atomic E-state index is 0.313. The number of benzene rings is 1. The van der Waals surface area contributed by atoms with Gasteiger partial charge in [-0.05, 0) is 44.0 Å². The van der Waals surface area contributed by atoms with E-state index in [4.69, 9.17) is 14.2 Å². The van der Waals surface area contributed by atoms with Gasteiger partial charge in [-0.2, -0.15) is 0 Å². The van der Waals surface area contributed by atoms with Gasteiger partial charge < -0.3 is 19.5 Å². The lowest BCUT2D eigenvalue weighted by atomic mass is 9.99. The predicted molar refractivity (Wildman–Crippen MR) is 63.7 cm³/mol. The van der Waals surface area contributed by atoms with Crippen LogP contribution in [-0.2, 0) is 0 Å². The third-order valence-corrected chi connectivity index (χ3v) is 3.29. The molecule has 92 valence electrons. The molecule has 2 aliphatic rings. The summed E-state index contributed by atoms with van der Waals surface area (Å²) in [4.78, 5) is 0. The molecule has 2 aliphatic heterocycles. The zero-order valence-corrected chi connectivity index (χ0v) is 9.78. The second-order valence-corrected chi connectivity index (χ2v) is 4.52. The van der Waals surface area contributed by atoms with Crippen LogP contribution in [0, 0.1) is 5.92 Å². The summed E-state index contributed by atoms with van der Waals surface area (Å²) in [5.41, 5.74) is 0. The number of rotatable bonds is 3. The zero-order valence-electron chi connectivity index (χ0n) is 9.78. The molecule has 0 saturated carbocycles. The Hall–Kier alpha value is -1.42. The number of piperidine rings is 1. The summed E-state index contributed by atoms with van der Waals surface area (Å²) in [5, 5.41) is 3.35. The van der Waals surface area contributed by atoms with E-state index in [1.165, 1.54) is 12.8 Å². The smallest absolute Gasteiger partial charge is 0.231 e. The molecule has 1 fully saturated rings. The Morgan fingerprint density at radius 2 is 2.00 bits per heavy atom. The van der Waals surface area contributed by atoms with Crippen LogP contribution in [0.25, 0.3) is 0 Å². The van der Waals surface area contributed by atoms with Crippen LogP contribution in [0.5, 0.6) is 17.2 Å². The van der Waals surface area contributed by atoms with Gasteiger partial charge in [-0.1, -0.05) is 0 Å². The summed E-state index contributed by atoms with van der Waals surface area (Å²) in [6, 6.07) is 5.75. The third kappa shape index (κ3) is 2.47. The molecule has 3 rings (SSSR count). The van der Waals surface area contributed by atoms with Crippen molar-refractivity contribution in [2.45, 2.75) is 12.8 Å². The third-order valence-electron chi connectivity index (χ3n) is 3.29. The van der Waals surface area contributed by atoms with Crippen LogP contribution in [0.1, 0.15) is 12.8 Å². The molecule has 0 aliphatic carbocycles. The van der Waals surface area contributed by atoms with Crippen molar-refractivity contribution in [1.29, 1.82) is 0 Å². The van der Waals surface area contributed by atoms with Crippen molar-refractivity contribution >= 4 is 0 Å². The first-order chi connectivity index (χ1) is 8.42. The number of fused-ring (bicyclic) bond motifs is 1. The first kappa shape index (κ1) is 10.7. The van der Waals surface area contributed by atoms with E-state index < -0.39 is 0 Å². The summed E-state index contributed by atoms with van der Waals surface area (Å²) in [5.74, 6) is 3.13. The fourth-order valence-corrected chi connectivity index (χ4v) is 2.23. The highest BCUT2D eigenvalue weighted by Crippen LogP contribution is 2.35. The number of hydrogen-bond donors (Lipinski definition) is 1. The molecular formula is C13H17NO3. The van der Waals surface area contributed by atoms with Gasteiger partial charge in [0, 0.05) is 6.07 Å². The lowest BCUT2D eigenvalue weighted by molar-refractivity contribution is 0.173. The Kier molecular flexibility index (Phi) is 3.05. The fourth-order valence-electron chi connectivity index (χ4n) is 2.23. The Labute approximate surface area is 101 Å². The Bertz CT molecular complexity index is 388. The van der Waals surface area contributed by atoms with E-state index in [2.05, 4.69) is 5.32 Å². The van der Waals surface area contributed by atoms with Crippen molar-refractivity contribution in [3.05, 3.63) is 18.2 Å². The summed E-state index contributed by atoms with van der Waals surface area (Å²) in [6.07, 6.45) is 2.40. The van der Waals surface area contributed by atoms with Gasteiger partial charge in [0.1, 0.15) is 5.75 Å². The molecule has 0 aromatic heterocycles. The van der Waals surface area contributed by atoms with E-state index in [1.807, 2.05) is 18.2 Å². The second kappa shape index (κ2) is 4.84. The van der Waals surface area contributed by atoms with Gasteiger partial charge in [0.15, 0.2) is 11.5 Å². The molecule has 4 nitrogen and oxygen atoms in total. The highest BCUT2D eigenvalue weighted by atomic mass is 16.7. The molecular weight excluding hydrogens is 218 g/mol. The van der Waals surface area contributed by atoms with Crippen LogP contribution in [0.15, 0.2) is 18.2 Å². The summed E-state index contributed by atoms with van der Waals surface area (Å²) < 4.78 is 16.4. The maximum absolute atomic E-state index is 5.81. The van der Waals surface area contributed by atoms with Gasteiger partial charge in [-0.25, -0.2) is 0 Å². The Morgan fingerprint density at radius 3 is 2.88 bits per heavy atom. The molecule has 2 heterocycles. The van der Waals surface area contributed by atoms with Gasteiger partial charge in [-0.15, -0.1) is 0 Å². The summed E-state index contributed by atoms with van der Waals surface area (Å²) >= 11 is 0. The molecule has 0 unspecified atom stereocenters. The zero-order chi connectivity index (χ0) is 11.5. The Morgan fingerprint density at radius 1 is 1.18 bits per heavy atom. The van der Waals surface area contributed by atoms with E-state index in [9.17, 15) is 0 Å². The monoisotopic (exact) mass is 235 g/mol. The average Bonchev–Trinajstić information content (AvgIpc) is 2.85. The summed E-state index contributed by atoms with van der Waals surface area (Å²) in [7, 11) is 0. The second-order valence-electron chi connectivity index (χ2n) is 4.52. The first-order valence-electron chi connectivity index (χ1n) is 6.15. The van der Waals surface area contributed by atoms with Crippen molar-refractivity contribution in [2.75, 3.05) is 26.5 Å². The van der Waals surface area contributed by atoms with Gasteiger partial charge in [0.05, 0.1) is 6.61 Å². The van der Waals surface area contributed by atoms with E-state index in [0.717, 1.165) is 36.9 Å². The van der Waals surface area contributed by atoms with E-state index in [-0.39, 0.29) is 0 Å². The van der Waals surface area contributed by atoms with Gasteiger partial charge in [0.2, 0.25) is 6.79 Å². The number of hydrogen-bond acceptors (Lipinski definition) is 4. The SMILES string of the molecule is c1cc2c(cc1OCC1CCNCC1)OCO2. The number of nitrogens with one attached hydrogen (secondary N) is 1. The van der Waals surface area contributed by atoms with Crippen LogP contribution in [0.3, 0.4) is 0 Å². The maximum atomic E-state index is 5.81. The predicted octanol–water partition coefficient (Wildman–Crippen LogP) is 1.79. The van der Waals surface area contributed by atoms with E-state index in [1.54, 1.807) is 0 Å². The Balaban J connectivity index is 1.57. The molecule has 1 N–H and O–H groups in total. The first-order valence-corrected chi connectivity index (χ1v) is 6.15. The van der Waals surface area contributed by atoms with Crippen molar-refractivity contribution in [3.8, 4) is 17.2 Å². The molecule has 1 aromatic carbocycles. The number of ether oxygens (including phenoxy) is 3. The maximum Gasteiger partial charge on any atom is 0.231 e. The quantitative estimate of drug-likeness (QED) is 0.867. The van der Waals surface area contributed by atoms with Crippen LogP contribution in [0.4, 0.5) is 0 Å². The van der Waals surface area contributed by atoms with Crippen LogP contribution >= 0.6 is 0 Å². The minimum Gasteiger partial charge on any atom is -0.493 e. The van der Waals surface area contributed by atoms with Gasteiger partial charge in [-0.3, -0.25) is 0 Å². The van der Waals surface area contributed by atoms with E-state index >= 15 is 0 Å². The highest BCUT2D eigenvalue weighted by Gasteiger charge is 2.16. The van der Waals surface area contributed by atoms with Crippen molar-refractivity contribution in [1.82, 2.24) is 5.32 Å². The normalized spacial score (nSPS) is 19.3. The molecule has 0 amide bonds. The van der Waals surface area contributed by atoms with Crippen LogP contribution in [0.2, 0.25) is 0 Å². The lowest BCUT2D eigenvalue weighted by Gasteiger charge is -2.22. The average molecular weight is 235 g/mol. The van der Waals surface area contributed by atoms with Crippen molar-refractivity contribution < 1.29 is 14.2 Å². The summed E-state index contributed by atoms with van der Waals surface area (Å²) in [6.45, 7) is 3.32. The van der Waals surface area contributed by atoms with Gasteiger partial charge in [0.25, 0.3) is 0 Å². The topological polar surface area (TPSA) is 39.7 Å². The minimum absolute atomic E-state index is 0.313.